The third kappa shape index (κ3) is 1.74. The van der Waals surface area contributed by atoms with Crippen molar-refractivity contribution in [2.45, 2.75) is 24.4 Å². The quantitative estimate of drug-likeness (QED) is 0.776. The van der Waals surface area contributed by atoms with Crippen molar-refractivity contribution >= 4 is 0 Å². The highest BCUT2D eigenvalue weighted by Gasteiger charge is 2.58. The fraction of sp³-hybridized carbons (Fsp3) is 0.300. The van der Waals surface area contributed by atoms with Gasteiger partial charge in [0.2, 0.25) is 0 Å². The highest BCUT2D eigenvalue weighted by molar-refractivity contribution is 5.30. The van der Waals surface area contributed by atoms with Crippen LogP contribution in [-0.2, 0) is 9.47 Å². The fourth-order valence-electron chi connectivity index (χ4n) is 4.34. The smallest absolute Gasteiger partial charge is 0.0894 e. The molecule has 0 saturated carbocycles. The van der Waals surface area contributed by atoms with Gasteiger partial charge in [-0.05, 0) is 11.1 Å². The maximum Gasteiger partial charge on any atom is 0.0894 e. The van der Waals surface area contributed by atoms with E-state index in [1.165, 1.54) is 11.1 Å². The van der Waals surface area contributed by atoms with Crippen LogP contribution in [0.25, 0.3) is 0 Å². The highest BCUT2D eigenvalue weighted by Crippen LogP contribution is 2.58. The Bertz CT molecular complexity index is 635. The summed E-state index contributed by atoms with van der Waals surface area (Å²) in [6, 6.07) is 21.2. The van der Waals surface area contributed by atoms with Gasteiger partial charge in [-0.2, -0.15) is 0 Å². The summed E-state index contributed by atoms with van der Waals surface area (Å²) in [4.78, 5) is 0. The average Bonchev–Trinajstić information content (AvgIpc) is 3.29. The molecule has 0 spiro atoms. The number of ether oxygens (including phenoxy) is 2. The number of fused-ring (bicyclic) bond motifs is 5. The summed E-state index contributed by atoms with van der Waals surface area (Å²) in [6.07, 6.45) is 5.09. The summed E-state index contributed by atoms with van der Waals surface area (Å²) < 4.78 is 12.7. The van der Waals surface area contributed by atoms with Crippen LogP contribution < -0.4 is 0 Å². The Labute approximate surface area is 130 Å². The average molecular weight is 290 g/mol. The van der Waals surface area contributed by atoms with Crippen LogP contribution >= 0.6 is 0 Å². The van der Waals surface area contributed by atoms with Crippen LogP contribution in [0.5, 0.6) is 0 Å². The van der Waals surface area contributed by atoms with Crippen molar-refractivity contribution < 1.29 is 9.47 Å². The lowest BCUT2D eigenvalue weighted by molar-refractivity contribution is -0.0240. The van der Waals surface area contributed by atoms with Crippen molar-refractivity contribution in [1.82, 2.24) is 0 Å². The molecule has 110 valence electrons. The topological polar surface area (TPSA) is 18.5 Å². The normalized spacial score (nSPS) is 38.4. The Kier molecular flexibility index (Phi) is 2.76. The number of rotatable bonds is 2. The number of hydrogen-bond acceptors (Lipinski definition) is 2. The molecule has 3 aliphatic heterocycles. The molecule has 2 aromatic carbocycles. The van der Waals surface area contributed by atoms with E-state index in [9.17, 15) is 0 Å². The van der Waals surface area contributed by atoms with E-state index in [-0.39, 0.29) is 24.4 Å². The van der Waals surface area contributed by atoms with Gasteiger partial charge in [0, 0.05) is 11.8 Å². The van der Waals surface area contributed by atoms with E-state index in [0.29, 0.717) is 11.8 Å². The standard InChI is InChI=1S/C20H18O2/c1-3-7-13(8-4-1)19-17-15-11-12-16(21-15)18(17)20(22-19)14-9-5-2-6-10-14/h1-12,15-20H/t15-,16+,17-,18+,19-,20+. The molecule has 0 aromatic heterocycles. The van der Waals surface area contributed by atoms with E-state index in [0.717, 1.165) is 0 Å². The van der Waals surface area contributed by atoms with Crippen LogP contribution in [0.1, 0.15) is 23.3 Å². The maximum absolute atomic E-state index is 6.56. The molecule has 2 nitrogen and oxygen atoms in total. The van der Waals surface area contributed by atoms with Gasteiger partial charge in [0.15, 0.2) is 0 Å². The van der Waals surface area contributed by atoms with Gasteiger partial charge in [0.25, 0.3) is 0 Å². The van der Waals surface area contributed by atoms with E-state index >= 15 is 0 Å². The van der Waals surface area contributed by atoms with Gasteiger partial charge in [-0.15, -0.1) is 0 Å². The predicted octanol–water partition coefficient (Wildman–Crippen LogP) is 4.07. The third-order valence-corrected chi connectivity index (χ3v) is 5.26. The highest BCUT2D eigenvalue weighted by atomic mass is 16.5. The molecule has 3 aliphatic rings. The van der Waals surface area contributed by atoms with Crippen LogP contribution in [0.2, 0.25) is 0 Å². The molecule has 0 radical (unpaired) electrons. The summed E-state index contributed by atoms with van der Waals surface area (Å²) in [5, 5.41) is 0. The molecule has 3 heterocycles. The molecule has 2 aromatic rings. The number of benzene rings is 2. The van der Waals surface area contributed by atoms with Crippen molar-refractivity contribution in [2.75, 3.05) is 0 Å². The first kappa shape index (κ1) is 12.6. The molecule has 2 heteroatoms. The molecule has 2 fully saturated rings. The summed E-state index contributed by atoms with van der Waals surface area (Å²) in [6.45, 7) is 0. The lowest BCUT2D eigenvalue weighted by Gasteiger charge is -2.22. The molecule has 0 aliphatic carbocycles. The fourth-order valence-corrected chi connectivity index (χ4v) is 4.34. The maximum atomic E-state index is 6.56. The van der Waals surface area contributed by atoms with Crippen molar-refractivity contribution in [3.8, 4) is 0 Å². The monoisotopic (exact) mass is 290 g/mol. The van der Waals surface area contributed by atoms with E-state index in [1.807, 2.05) is 0 Å². The van der Waals surface area contributed by atoms with Crippen LogP contribution in [0.3, 0.4) is 0 Å². The molecule has 2 saturated heterocycles. The van der Waals surface area contributed by atoms with Gasteiger partial charge in [-0.1, -0.05) is 72.8 Å². The Morgan fingerprint density at radius 1 is 0.545 bits per heavy atom. The lowest BCUT2D eigenvalue weighted by Crippen LogP contribution is -2.25. The third-order valence-electron chi connectivity index (χ3n) is 5.26. The van der Waals surface area contributed by atoms with Gasteiger partial charge < -0.3 is 9.47 Å². The molecule has 0 amide bonds. The minimum absolute atomic E-state index is 0.122. The number of hydrogen-bond donors (Lipinski definition) is 0. The molecule has 0 unspecified atom stereocenters. The Hall–Kier alpha value is -1.90. The first-order chi connectivity index (χ1) is 10.9. The van der Waals surface area contributed by atoms with Crippen molar-refractivity contribution in [3.05, 3.63) is 83.9 Å². The van der Waals surface area contributed by atoms with Gasteiger partial charge in [0.1, 0.15) is 0 Å². The molecule has 6 atom stereocenters. The SMILES string of the molecule is C1=C[C@H]2O[C@@H]1[C@H]1[C@@H]2[C@@H](c2ccccc2)O[C@H]1c1ccccc1. The Balaban J connectivity index is 1.57. The molecule has 2 bridgehead atoms. The van der Waals surface area contributed by atoms with Crippen LogP contribution in [-0.4, -0.2) is 12.2 Å². The first-order valence-electron chi connectivity index (χ1n) is 8.01. The summed E-state index contributed by atoms with van der Waals surface area (Å²) in [5.41, 5.74) is 2.53. The summed E-state index contributed by atoms with van der Waals surface area (Å²) >= 11 is 0. The lowest BCUT2D eigenvalue weighted by atomic mass is 9.76. The van der Waals surface area contributed by atoms with Gasteiger partial charge in [-0.3, -0.25) is 0 Å². The molecular weight excluding hydrogens is 272 g/mol. The van der Waals surface area contributed by atoms with Crippen LogP contribution in [0.4, 0.5) is 0 Å². The molecular formula is C20H18O2. The summed E-state index contributed by atoms with van der Waals surface area (Å²) in [7, 11) is 0. The van der Waals surface area contributed by atoms with Gasteiger partial charge >= 0.3 is 0 Å². The van der Waals surface area contributed by atoms with Gasteiger partial charge in [0.05, 0.1) is 24.4 Å². The van der Waals surface area contributed by atoms with E-state index < -0.39 is 0 Å². The van der Waals surface area contributed by atoms with E-state index in [4.69, 9.17) is 9.47 Å². The van der Waals surface area contributed by atoms with Crippen molar-refractivity contribution in [2.24, 2.45) is 11.8 Å². The van der Waals surface area contributed by atoms with E-state index in [1.54, 1.807) is 0 Å². The second kappa shape index (κ2) is 4.80. The predicted molar refractivity (Wildman–Crippen MR) is 84.2 cm³/mol. The van der Waals surface area contributed by atoms with Gasteiger partial charge in [-0.25, -0.2) is 0 Å². The first-order valence-corrected chi connectivity index (χ1v) is 8.01. The van der Waals surface area contributed by atoms with E-state index in [2.05, 4.69) is 72.8 Å². The molecule has 5 rings (SSSR count). The molecule has 0 N–H and O–H groups in total. The second-order valence-electron chi connectivity index (χ2n) is 6.40. The second-order valence-corrected chi connectivity index (χ2v) is 6.40. The Morgan fingerprint density at radius 2 is 1.00 bits per heavy atom. The van der Waals surface area contributed by atoms with Crippen LogP contribution in [0.15, 0.2) is 72.8 Å². The zero-order valence-corrected chi connectivity index (χ0v) is 12.2. The van der Waals surface area contributed by atoms with Crippen molar-refractivity contribution in [3.63, 3.8) is 0 Å². The Morgan fingerprint density at radius 3 is 1.45 bits per heavy atom. The zero-order chi connectivity index (χ0) is 14.5. The minimum Gasteiger partial charge on any atom is -0.366 e. The molecule has 22 heavy (non-hydrogen) atoms. The van der Waals surface area contributed by atoms with Crippen molar-refractivity contribution in [1.29, 1.82) is 0 Å². The largest absolute Gasteiger partial charge is 0.366 e. The summed E-state index contributed by atoms with van der Waals surface area (Å²) in [5.74, 6) is 0.838. The zero-order valence-electron chi connectivity index (χ0n) is 12.2. The van der Waals surface area contributed by atoms with Crippen LogP contribution in [0, 0.1) is 11.8 Å². The minimum atomic E-state index is 0.122.